The minimum atomic E-state index is 0.0606. The molecular weight excluding hydrogens is 316 g/mol. The fraction of sp³-hybridized carbons (Fsp3) is 0.526. The molecule has 0 aliphatic carbocycles. The van der Waals surface area contributed by atoms with Gasteiger partial charge in [-0.3, -0.25) is 4.79 Å². The molecule has 0 N–H and O–H groups in total. The number of carbonyl (C=O) groups excluding carboxylic acids is 1. The molecule has 0 radical (unpaired) electrons. The smallest absolute Gasteiger partial charge is 0.260 e. The van der Waals surface area contributed by atoms with E-state index in [0.717, 1.165) is 56.3 Å². The van der Waals surface area contributed by atoms with Crippen LogP contribution in [-0.4, -0.2) is 45.3 Å². The van der Waals surface area contributed by atoms with Gasteiger partial charge in [0.05, 0.1) is 0 Å². The summed E-state index contributed by atoms with van der Waals surface area (Å²) in [6, 6.07) is 7.78. The van der Waals surface area contributed by atoms with E-state index in [1.54, 1.807) is 0 Å². The Morgan fingerprint density at radius 2 is 1.92 bits per heavy atom. The number of ether oxygens (including phenoxy) is 1. The van der Waals surface area contributed by atoms with Gasteiger partial charge in [0.25, 0.3) is 5.91 Å². The van der Waals surface area contributed by atoms with Crippen LogP contribution in [0.15, 0.2) is 24.3 Å². The predicted molar refractivity (Wildman–Crippen MR) is 93.6 cm³/mol. The molecule has 1 aromatic carbocycles. The SMILES string of the molecule is Cc1ccc(OCC(=O)N2CCC(c3nnc4n3CCC4)CC2)cc1. The van der Waals surface area contributed by atoms with Crippen LogP contribution in [0.3, 0.4) is 0 Å². The first-order valence-corrected chi connectivity index (χ1v) is 9.10. The summed E-state index contributed by atoms with van der Waals surface area (Å²) in [7, 11) is 0. The molecule has 0 saturated carbocycles. The number of fused-ring (bicyclic) bond motifs is 1. The number of hydrogen-bond donors (Lipinski definition) is 0. The number of aryl methyl sites for hydroxylation is 2. The van der Waals surface area contributed by atoms with Crippen LogP contribution < -0.4 is 4.74 Å². The number of amides is 1. The quantitative estimate of drug-likeness (QED) is 0.857. The summed E-state index contributed by atoms with van der Waals surface area (Å²) in [5.41, 5.74) is 1.18. The molecule has 1 fully saturated rings. The molecule has 0 unspecified atom stereocenters. The molecule has 4 rings (SSSR count). The van der Waals surface area contributed by atoms with E-state index in [1.807, 2.05) is 36.1 Å². The van der Waals surface area contributed by atoms with Gasteiger partial charge in [-0.25, -0.2) is 0 Å². The molecule has 6 heteroatoms. The van der Waals surface area contributed by atoms with Crippen molar-refractivity contribution >= 4 is 5.91 Å². The first-order chi connectivity index (χ1) is 12.2. The summed E-state index contributed by atoms with van der Waals surface area (Å²) >= 11 is 0. The third-order valence-electron chi connectivity index (χ3n) is 5.23. The standard InChI is InChI=1S/C19H24N4O2/c1-14-4-6-16(7-5-14)25-13-18(24)22-11-8-15(9-12-22)19-21-20-17-3-2-10-23(17)19/h4-7,15H,2-3,8-13H2,1H3. The Morgan fingerprint density at radius 3 is 2.68 bits per heavy atom. The van der Waals surface area contributed by atoms with E-state index >= 15 is 0 Å². The van der Waals surface area contributed by atoms with Crippen molar-refractivity contribution in [2.45, 2.75) is 45.1 Å². The summed E-state index contributed by atoms with van der Waals surface area (Å²) in [6.45, 7) is 4.71. The number of rotatable bonds is 4. The molecule has 2 aliphatic rings. The summed E-state index contributed by atoms with van der Waals surface area (Å²) in [4.78, 5) is 14.3. The van der Waals surface area contributed by atoms with Gasteiger partial charge in [0.15, 0.2) is 6.61 Å². The molecule has 6 nitrogen and oxygen atoms in total. The Labute approximate surface area is 147 Å². The van der Waals surface area contributed by atoms with Gasteiger partial charge < -0.3 is 14.2 Å². The van der Waals surface area contributed by atoms with Gasteiger partial charge in [0, 0.05) is 32.0 Å². The Bertz CT molecular complexity index is 745. The minimum absolute atomic E-state index is 0.0606. The molecule has 2 aliphatic heterocycles. The van der Waals surface area contributed by atoms with Crippen molar-refractivity contribution in [3.8, 4) is 5.75 Å². The Hall–Kier alpha value is -2.37. The molecule has 132 valence electrons. The van der Waals surface area contributed by atoms with E-state index in [0.29, 0.717) is 5.92 Å². The van der Waals surface area contributed by atoms with Crippen LogP contribution in [0.25, 0.3) is 0 Å². The molecule has 0 spiro atoms. The predicted octanol–water partition coefficient (Wildman–Crippen LogP) is 2.32. The highest BCUT2D eigenvalue weighted by molar-refractivity contribution is 5.77. The average molecular weight is 340 g/mol. The lowest BCUT2D eigenvalue weighted by atomic mass is 9.96. The summed E-state index contributed by atoms with van der Waals surface area (Å²) in [5, 5.41) is 8.71. The van der Waals surface area contributed by atoms with Crippen molar-refractivity contribution < 1.29 is 9.53 Å². The molecule has 25 heavy (non-hydrogen) atoms. The fourth-order valence-electron chi connectivity index (χ4n) is 3.73. The largest absolute Gasteiger partial charge is 0.484 e. The van der Waals surface area contributed by atoms with E-state index in [1.165, 1.54) is 12.0 Å². The highest BCUT2D eigenvalue weighted by atomic mass is 16.5. The van der Waals surface area contributed by atoms with Crippen molar-refractivity contribution in [3.63, 3.8) is 0 Å². The van der Waals surface area contributed by atoms with Crippen molar-refractivity contribution in [3.05, 3.63) is 41.5 Å². The normalized spacial score (nSPS) is 17.6. The summed E-state index contributed by atoms with van der Waals surface area (Å²) in [6.07, 6.45) is 4.12. The molecule has 2 aromatic rings. The maximum atomic E-state index is 12.4. The first kappa shape index (κ1) is 16.1. The van der Waals surface area contributed by atoms with Gasteiger partial charge >= 0.3 is 0 Å². The van der Waals surface area contributed by atoms with Crippen molar-refractivity contribution in [2.75, 3.05) is 19.7 Å². The van der Waals surface area contributed by atoms with E-state index in [4.69, 9.17) is 4.74 Å². The summed E-state index contributed by atoms with van der Waals surface area (Å²) in [5.74, 6) is 3.47. The Morgan fingerprint density at radius 1 is 1.16 bits per heavy atom. The van der Waals surface area contributed by atoms with E-state index in [-0.39, 0.29) is 12.5 Å². The molecule has 0 atom stereocenters. The third kappa shape index (κ3) is 3.38. The second-order valence-electron chi connectivity index (χ2n) is 6.99. The topological polar surface area (TPSA) is 60.2 Å². The summed E-state index contributed by atoms with van der Waals surface area (Å²) < 4.78 is 7.90. The Balaban J connectivity index is 1.29. The van der Waals surface area contributed by atoms with Crippen LogP contribution in [0, 0.1) is 6.92 Å². The van der Waals surface area contributed by atoms with Crippen LogP contribution in [0.4, 0.5) is 0 Å². The number of likely N-dealkylation sites (tertiary alicyclic amines) is 1. The maximum absolute atomic E-state index is 12.4. The highest BCUT2D eigenvalue weighted by Crippen LogP contribution is 2.29. The minimum Gasteiger partial charge on any atom is -0.484 e. The number of piperidine rings is 1. The van der Waals surface area contributed by atoms with Gasteiger partial charge in [-0.05, 0) is 38.3 Å². The average Bonchev–Trinajstić information content (AvgIpc) is 3.25. The molecule has 1 aromatic heterocycles. The second-order valence-corrected chi connectivity index (χ2v) is 6.99. The lowest BCUT2D eigenvalue weighted by molar-refractivity contribution is -0.134. The maximum Gasteiger partial charge on any atom is 0.260 e. The monoisotopic (exact) mass is 340 g/mol. The van der Waals surface area contributed by atoms with Crippen molar-refractivity contribution in [1.29, 1.82) is 0 Å². The van der Waals surface area contributed by atoms with Gasteiger partial charge in [0.1, 0.15) is 17.4 Å². The lowest BCUT2D eigenvalue weighted by Crippen LogP contribution is -2.40. The molecular formula is C19H24N4O2. The van der Waals surface area contributed by atoms with Gasteiger partial charge in [-0.1, -0.05) is 17.7 Å². The van der Waals surface area contributed by atoms with Gasteiger partial charge in [0.2, 0.25) is 0 Å². The Kier molecular flexibility index (Phi) is 4.42. The van der Waals surface area contributed by atoms with E-state index < -0.39 is 0 Å². The third-order valence-corrected chi connectivity index (χ3v) is 5.23. The first-order valence-electron chi connectivity index (χ1n) is 9.10. The van der Waals surface area contributed by atoms with E-state index in [2.05, 4.69) is 14.8 Å². The zero-order chi connectivity index (χ0) is 17.2. The lowest BCUT2D eigenvalue weighted by Gasteiger charge is -2.31. The molecule has 1 amide bonds. The van der Waals surface area contributed by atoms with Crippen molar-refractivity contribution in [1.82, 2.24) is 19.7 Å². The van der Waals surface area contributed by atoms with Crippen LogP contribution in [0.1, 0.15) is 42.4 Å². The molecule has 3 heterocycles. The van der Waals surface area contributed by atoms with Crippen molar-refractivity contribution in [2.24, 2.45) is 0 Å². The van der Waals surface area contributed by atoms with Crippen LogP contribution in [-0.2, 0) is 17.8 Å². The fourth-order valence-corrected chi connectivity index (χ4v) is 3.73. The highest BCUT2D eigenvalue weighted by Gasteiger charge is 2.29. The number of nitrogens with zero attached hydrogens (tertiary/aromatic N) is 4. The molecule has 1 saturated heterocycles. The number of carbonyl (C=O) groups is 1. The van der Waals surface area contributed by atoms with Crippen LogP contribution in [0.2, 0.25) is 0 Å². The van der Waals surface area contributed by atoms with Gasteiger partial charge in [-0.2, -0.15) is 0 Å². The van der Waals surface area contributed by atoms with Crippen LogP contribution >= 0.6 is 0 Å². The zero-order valence-electron chi connectivity index (χ0n) is 14.6. The van der Waals surface area contributed by atoms with Gasteiger partial charge in [-0.15, -0.1) is 10.2 Å². The number of hydrogen-bond acceptors (Lipinski definition) is 4. The second kappa shape index (κ2) is 6.86. The van der Waals surface area contributed by atoms with Crippen LogP contribution in [0.5, 0.6) is 5.75 Å². The number of benzene rings is 1. The molecule has 0 bridgehead atoms. The zero-order valence-corrected chi connectivity index (χ0v) is 14.6. The van der Waals surface area contributed by atoms with E-state index in [9.17, 15) is 4.79 Å². The number of aromatic nitrogens is 3.